The zero-order chi connectivity index (χ0) is 23.5. The summed E-state index contributed by atoms with van der Waals surface area (Å²) in [4.78, 5) is 30.1. The molecule has 1 aliphatic carbocycles. The van der Waals surface area contributed by atoms with Crippen LogP contribution in [0.1, 0.15) is 39.0 Å². The average molecular weight is 472 g/mol. The number of pyridine rings is 2. The van der Waals surface area contributed by atoms with Gasteiger partial charge in [0.25, 0.3) is 5.56 Å². The second-order valence-corrected chi connectivity index (χ2v) is 8.64. The van der Waals surface area contributed by atoms with Gasteiger partial charge in [-0.2, -0.15) is 0 Å². The summed E-state index contributed by atoms with van der Waals surface area (Å²) >= 11 is 6.35. The maximum absolute atomic E-state index is 14.6. The molecule has 0 saturated heterocycles. The maximum atomic E-state index is 14.6. The van der Waals surface area contributed by atoms with Gasteiger partial charge >= 0.3 is 6.03 Å². The molecule has 174 valence electrons. The second kappa shape index (κ2) is 9.79. The Labute approximate surface area is 196 Å². The maximum Gasteiger partial charge on any atom is 0.319 e. The molecule has 1 saturated carbocycles. The van der Waals surface area contributed by atoms with Crippen LogP contribution in [0.15, 0.2) is 35.3 Å². The van der Waals surface area contributed by atoms with Gasteiger partial charge in [0.15, 0.2) is 0 Å². The fourth-order valence-corrected chi connectivity index (χ4v) is 4.61. The van der Waals surface area contributed by atoms with E-state index in [-0.39, 0.29) is 22.3 Å². The second-order valence-electron chi connectivity index (χ2n) is 8.23. The Bertz CT molecular complexity index is 1250. The molecule has 9 heteroatoms. The van der Waals surface area contributed by atoms with Gasteiger partial charge in [-0.3, -0.25) is 4.79 Å². The number of hydrogen-bond donors (Lipinski definition) is 3. The zero-order valence-corrected chi connectivity index (χ0v) is 19.4. The minimum absolute atomic E-state index is 0.0334. The fourth-order valence-electron chi connectivity index (χ4n) is 4.36. The number of carbonyl (C=O) groups excluding carboxylic acids is 1. The van der Waals surface area contributed by atoms with Crippen LogP contribution in [-0.2, 0) is 6.54 Å². The first kappa shape index (κ1) is 23.0. The topological polar surface area (TPSA) is 88.1 Å². The lowest BCUT2D eigenvalue weighted by Crippen LogP contribution is -2.39. The van der Waals surface area contributed by atoms with E-state index in [1.807, 2.05) is 6.92 Å². The summed E-state index contributed by atoms with van der Waals surface area (Å²) in [6.45, 7) is 2.31. The molecule has 33 heavy (non-hydrogen) atoms. The molecule has 1 fully saturated rings. The van der Waals surface area contributed by atoms with E-state index in [1.165, 1.54) is 12.5 Å². The van der Waals surface area contributed by atoms with Crippen LogP contribution in [0.2, 0.25) is 5.02 Å². The average Bonchev–Trinajstić information content (AvgIpc) is 2.81. The predicted octanol–water partition coefficient (Wildman–Crippen LogP) is 5.37. The van der Waals surface area contributed by atoms with Crippen molar-refractivity contribution in [3.05, 3.63) is 51.7 Å². The molecule has 0 bridgehead atoms. The molecule has 0 radical (unpaired) electrons. The molecule has 7 nitrogen and oxygen atoms in total. The van der Waals surface area contributed by atoms with Gasteiger partial charge in [-0.05, 0) is 38.0 Å². The summed E-state index contributed by atoms with van der Waals surface area (Å²) in [7, 11) is 1.76. The van der Waals surface area contributed by atoms with Gasteiger partial charge in [0, 0.05) is 48.4 Å². The van der Waals surface area contributed by atoms with Crippen molar-refractivity contribution in [1.82, 2.24) is 14.9 Å². The lowest BCUT2D eigenvalue weighted by Gasteiger charge is -2.23. The number of carbonyl (C=O) groups is 1. The Morgan fingerprint density at radius 1 is 1.18 bits per heavy atom. The van der Waals surface area contributed by atoms with Crippen LogP contribution in [-0.4, -0.2) is 28.7 Å². The van der Waals surface area contributed by atoms with Crippen molar-refractivity contribution < 1.29 is 9.18 Å². The summed E-state index contributed by atoms with van der Waals surface area (Å²) in [5.74, 6) is -0.0217. The van der Waals surface area contributed by atoms with E-state index in [0.29, 0.717) is 23.5 Å². The molecular formula is C24H27ClFN5O2. The highest BCUT2D eigenvalue weighted by molar-refractivity contribution is 6.33. The van der Waals surface area contributed by atoms with Crippen LogP contribution in [0.5, 0.6) is 0 Å². The molecule has 1 aliphatic rings. The number of nitrogens with one attached hydrogen (secondary N) is 3. The first-order valence-corrected chi connectivity index (χ1v) is 11.6. The Kier molecular flexibility index (Phi) is 6.83. The number of benzene rings is 1. The molecule has 3 aromatic rings. The molecular weight excluding hydrogens is 445 g/mol. The highest BCUT2D eigenvalue weighted by Gasteiger charge is 2.19. The zero-order valence-electron chi connectivity index (χ0n) is 18.7. The molecule has 2 heterocycles. The van der Waals surface area contributed by atoms with E-state index in [0.717, 1.165) is 42.7 Å². The lowest BCUT2D eigenvalue weighted by atomic mass is 9.96. The SMILES string of the molecule is CCn1c(=O)c(-c2cc(NC(=O)NC3CCCCC3)c(F)cc2Cl)cc2cnc(NC)cc21. The van der Waals surface area contributed by atoms with Crippen molar-refractivity contribution in [2.75, 3.05) is 17.7 Å². The third kappa shape index (κ3) is 4.80. The Morgan fingerprint density at radius 3 is 2.64 bits per heavy atom. The quantitative estimate of drug-likeness (QED) is 0.466. The van der Waals surface area contributed by atoms with E-state index in [2.05, 4.69) is 20.9 Å². The smallest absolute Gasteiger partial charge is 0.319 e. The van der Waals surface area contributed by atoms with Gasteiger partial charge in [-0.25, -0.2) is 14.2 Å². The Hall–Kier alpha value is -3.13. The minimum atomic E-state index is -0.667. The number of urea groups is 1. The minimum Gasteiger partial charge on any atom is -0.373 e. The summed E-state index contributed by atoms with van der Waals surface area (Å²) < 4.78 is 16.3. The molecule has 0 aliphatic heterocycles. The van der Waals surface area contributed by atoms with Crippen LogP contribution in [0.4, 0.5) is 20.7 Å². The molecule has 2 aromatic heterocycles. The number of aromatic nitrogens is 2. The van der Waals surface area contributed by atoms with E-state index >= 15 is 0 Å². The number of amides is 2. The van der Waals surface area contributed by atoms with Crippen molar-refractivity contribution in [3.63, 3.8) is 0 Å². The number of halogens is 2. The van der Waals surface area contributed by atoms with E-state index in [9.17, 15) is 14.0 Å². The molecule has 4 rings (SSSR count). The van der Waals surface area contributed by atoms with E-state index in [4.69, 9.17) is 11.6 Å². The number of fused-ring (bicyclic) bond motifs is 1. The van der Waals surface area contributed by atoms with E-state index in [1.54, 1.807) is 29.9 Å². The Balaban J connectivity index is 1.72. The highest BCUT2D eigenvalue weighted by Crippen LogP contribution is 2.32. The molecule has 1 aromatic carbocycles. The summed E-state index contributed by atoms with van der Waals surface area (Å²) in [5, 5.41) is 9.29. The van der Waals surface area contributed by atoms with Gasteiger partial charge in [-0.15, -0.1) is 0 Å². The normalized spacial score (nSPS) is 14.3. The first-order valence-electron chi connectivity index (χ1n) is 11.2. The van der Waals surface area contributed by atoms with Crippen LogP contribution in [0, 0.1) is 5.82 Å². The van der Waals surface area contributed by atoms with Gasteiger partial charge in [0.1, 0.15) is 11.6 Å². The first-order chi connectivity index (χ1) is 15.9. The number of aryl methyl sites for hydroxylation is 1. The van der Waals surface area contributed by atoms with Crippen LogP contribution < -0.4 is 21.5 Å². The molecule has 0 atom stereocenters. The van der Waals surface area contributed by atoms with Crippen molar-refractivity contribution in [1.29, 1.82) is 0 Å². The lowest BCUT2D eigenvalue weighted by molar-refractivity contribution is 0.244. The van der Waals surface area contributed by atoms with Crippen molar-refractivity contribution in [2.45, 2.75) is 51.6 Å². The predicted molar refractivity (Wildman–Crippen MR) is 131 cm³/mol. The van der Waals surface area contributed by atoms with Crippen molar-refractivity contribution >= 4 is 40.0 Å². The van der Waals surface area contributed by atoms with Crippen molar-refractivity contribution in [2.24, 2.45) is 0 Å². The van der Waals surface area contributed by atoms with Crippen LogP contribution >= 0.6 is 11.6 Å². The van der Waals surface area contributed by atoms with Crippen molar-refractivity contribution in [3.8, 4) is 11.1 Å². The highest BCUT2D eigenvalue weighted by atomic mass is 35.5. The number of anilines is 2. The van der Waals surface area contributed by atoms with Gasteiger partial charge in [0.2, 0.25) is 0 Å². The number of rotatable bonds is 5. The third-order valence-electron chi connectivity index (χ3n) is 6.09. The molecule has 0 spiro atoms. The molecule has 2 amide bonds. The standard InChI is InChI=1S/C24H27ClFN5O2/c1-3-31-21-12-22(27-2)28-13-14(21)9-17(23(31)32)16-10-20(19(26)11-18(16)25)30-24(33)29-15-7-5-4-6-8-15/h9-13,15H,3-8H2,1-2H3,(H,27,28)(H2,29,30,33). The fraction of sp³-hybridized carbons (Fsp3) is 0.375. The summed E-state index contributed by atoms with van der Waals surface area (Å²) in [5.41, 5.74) is 1.09. The summed E-state index contributed by atoms with van der Waals surface area (Å²) in [6, 6.07) is 5.65. The largest absolute Gasteiger partial charge is 0.373 e. The Morgan fingerprint density at radius 2 is 1.94 bits per heavy atom. The van der Waals surface area contributed by atoms with Crippen LogP contribution in [0.25, 0.3) is 22.0 Å². The number of hydrogen-bond acceptors (Lipinski definition) is 4. The molecule has 0 unspecified atom stereocenters. The van der Waals surface area contributed by atoms with E-state index < -0.39 is 11.8 Å². The monoisotopic (exact) mass is 471 g/mol. The summed E-state index contributed by atoms with van der Waals surface area (Å²) in [6.07, 6.45) is 6.81. The van der Waals surface area contributed by atoms with Gasteiger partial charge < -0.3 is 20.5 Å². The number of nitrogens with zero attached hydrogens (tertiary/aromatic N) is 2. The van der Waals surface area contributed by atoms with Gasteiger partial charge in [0.05, 0.1) is 16.2 Å². The third-order valence-corrected chi connectivity index (χ3v) is 6.40. The molecule has 3 N–H and O–H groups in total. The van der Waals surface area contributed by atoms with Crippen LogP contribution in [0.3, 0.4) is 0 Å². The van der Waals surface area contributed by atoms with Gasteiger partial charge in [-0.1, -0.05) is 30.9 Å².